The molecule has 0 aliphatic rings. The van der Waals surface area contributed by atoms with Crippen molar-refractivity contribution in [1.29, 1.82) is 0 Å². The maximum absolute atomic E-state index is 12.9. The van der Waals surface area contributed by atoms with Crippen molar-refractivity contribution in [3.8, 4) is 0 Å². The van der Waals surface area contributed by atoms with Crippen molar-refractivity contribution >= 4 is 21.9 Å². The van der Waals surface area contributed by atoms with Crippen LogP contribution in [0, 0.1) is 0 Å². The standard InChI is InChI=1S/C11H6BrF7O2/c12-7-3-1-6(2-4-7)5-21-8(20)9(13,14)10(15,16)11(17,18)19/h1-4H,5H2. The van der Waals surface area contributed by atoms with E-state index in [-0.39, 0.29) is 5.56 Å². The molecule has 21 heavy (non-hydrogen) atoms. The van der Waals surface area contributed by atoms with Crippen molar-refractivity contribution in [2.45, 2.75) is 24.6 Å². The molecule has 0 atom stereocenters. The zero-order valence-electron chi connectivity index (χ0n) is 9.86. The number of halogens is 8. The Hall–Kier alpha value is -1.32. The van der Waals surface area contributed by atoms with Gasteiger partial charge in [-0.1, -0.05) is 28.1 Å². The number of rotatable bonds is 4. The molecule has 0 spiro atoms. The van der Waals surface area contributed by atoms with Crippen LogP contribution >= 0.6 is 15.9 Å². The molecule has 0 aliphatic carbocycles. The van der Waals surface area contributed by atoms with Crippen LogP contribution in [0.4, 0.5) is 30.7 Å². The van der Waals surface area contributed by atoms with Crippen molar-refractivity contribution < 1.29 is 40.3 Å². The zero-order valence-corrected chi connectivity index (χ0v) is 11.4. The minimum Gasteiger partial charge on any atom is -0.456 e. The van der Waals surface area contributed by atoms with Crippen molar-refractivity contribution in [3.63, 3.8) is 0 Å². The quantitative estimate of drug-likeness (QED) is 0.572. The lowest BCUT2D eigenvalue weighted by molar-refractivity contribution is -0.348. The number of benzene rings is 1. The largest absolute Gasteiger partial charge is 0.460 e. The van der Waals surface area contributed by atoms with E-state index in [9.17, 15) is 35.5 Å². The summed E-state index contributed by atoms with van der Waals surface area (Å²) in [7, 11) is 0. The fourth-order valence-corrected chi connectivity index (χ4v) is 1.39. The van der Waals surface area contributed by atoms with Crippen LogP contribution in [0.5, 0.6) is 0 Å². The first kappa shape index (κ1) is 17.7. The van der Waals surface area contributed by atoms with Gasteiger partial charge in [0.05, 0.1) is 0 Å². The van der Waals surface area contributed by atoms with Crippen molar-refractivity contribution in [2.24, 2.45) is 0 Å². The van der Waals surface area contributed by atoms with E-state index in [0.717, 1.165) is 0 Å². The summed E-state index contributed by atoms with van der Waals surface area (Å²) in [5, 5.41) is 0. The fourth-order valence-electron chi connectivity index (χ4n) is 1.13. The summed E-state index contributed by atoms with van der Waals surface area (Å²) in [5.74, 6) is -15.5. The monoisotopic (exact) mass is 382 g/mol. The van der Waals surface area contributed by atoms with E-state index in [4.69, 9.17) is 0 Å². The number of hydrogen-bond acceptors (Lipinski definition) is 2. The molecule has 1 aromatic carbocycles. The Kier molecular flexibility index (Phi) is 4.91. The minimum absolute atomic E-state index is 0.137. The first-order chi connectivity index (χ1) is 9.39. The van der Waals surface area contributed by atoms with Crippen molar-refractivity contribution in [3.05, 3.63) is 34.3 Å². The normalized spacial score (nSPS) is 13.1. The van der Waals surface area contributed by atoms with Gasteiger partial charge in [-0.2, -0.15) is 30.7 Å². The highest BCUT2D eigenvalue weighted by Gasteiger charge is 2.77. The van der Waals surface area contributed by atoms with Gasteiger partial charge in [-0.15, -0.1) is 0 Å². The number of alkyl halides is 7. The lowest BCUT2D eigenvalue weighted by Gasteiger charge is -2.26. The lowest BCUT2D eigenvalue weighted by Crippen LogP contribution is -2.56. The molecule has 1 aromatic rings. The highest BCUT2D eigenvalue weighted by Crippen LogP contribution is 2.47. The maximum atomic E-state index is 12.9. The Balaban J connectivity index is 2.80. The van der Waals surface area contributed by atoms with E-state index in [0.29, 0.717) is 4.47 Å². The molecule has 0 radical (unpaired) electrons. The van der Waals surface area contributed by atoms with Crippen LogP contribution in [-0.4, -0.2) is 24.0 Å². The molecule has 0 saturated heterocycles. The Labute approximate surface area is 122 Å². The third kappa shape index (κ3) is 3.66. The van der Waals surface area contributed by atoms with Crippen LogP contribution in [-0.2, 0) is 16.1 Å². The first-order valence-corrected chi connectivity index (χ1v) is 5.93. The Morgan fingerprint density at radius 3 is 1.90 bits per heavy atom. The SMILES string of the molecule is O=C(OCc1ccc(Br)cc1)C(F)(F)C(F)(F)C(F)(F)F. The van der Waals surface area contributed by atoms with Gasteiger partial charge in [0.1, 0.15) is 6.61 Å². The summed E-state index contributed by atoms with van der Waals surface area (Å²) in [6.45, 7) is -0.865. The van der Waals surface area contributed by atoms with Gasteiger partial charge in [-0.25, -0.2) is 4.79 Å². The summed E-state index contributed by atoms with van der Waals surface area (Å²) in [6.07, 6.45) is -6.58. The molecule has 1 rings (SSSR count). The topological polar surface area (TPSA) is 26.3 Å². The zero-order chi connectivity index (χ0) is 16.5. The second kappa shape index (κ2) is 5.82. The lowest BCUT2D eigenvalue weighted by atomic mass is 10.1. The molecular weight excluding hydrogens is 377 g/mol. The van der Waals surface area contributed by atoms with E-state index in [1.807, 2.05) is 0 Å². The van der Waals surface area contributed by atoms with Gasteiger partial charge in [0.2, 0.25) is 0 Å². The van der Waals surface area contributed by atoms with Crippen LogP contribution in [0.2, 0.25) is 0 Å². The van der Waals surface area contributed by atoms with E-state index < -0.39 is 30.6 Å². The van der Waals surface area contributed by atoms with E-state index in [1.165, 1.54) is 24.3 Å². The molecule has 0 amide bonds. The second-order valence-corrected chi connectivity index (χ2v) is 4.76. The molecule has 0 heterocycles. The molecule has 118 valence electrons. The third-order valence-electron chi connectivity index (χ3n) is 2.29. The summed E-state index contributed by atoms with van der Waals surface area (Å²) >= 11 is 3.05. The van der Waals surface area contributed by atoms with Gasteiger partial charge >= 0.3 is 24.0 Å². The minimum atomic E-state index is -6.58. The maximum Gasteiger partial charge on any atom is 0.460 e. The average Bonchev–Trinajstić information content (AvgIpc) is 2.36. The molecule has 0 unspecified atom stereocenters. The smallest absolute Gasteiger partial charge is 0.456 e. The highest BCUT2D eigenvalue weighted by molar-refractivity contribution is 9.10. The summed E-state index contributed by atoms with van der Waals surface area (Å²) in [6, 6.07) is 5.48. The van der Waals surface area contributed by atoms with Crippen LogP contribution in [0.25, 0.3) is 0 Å². The predicted octanol–water partition coefficient (Wildman–Crippen LogP) is 4.33. The summed E-state index contributed by atoms with van der Waals surface area (Å²) in [4.78, 5) is 10.8. The molecule has 10 heteroatoms. The Morgan fingerprint density at radius 2 is 1.48 bits per heavy atom. The van der Waals surface area contributed by atoms with Crippen LogP contribution in [0.15, 0.2) is 28.7 Å². The van der Waals surface area contributed by atoms with Crippen molar-refractivity contribution in [1.82, 2.24) is 0 Å². The van der Waals surface area contributed by atoms with E-state index >= 15 is 0 Å². The molecular formula is C11H6BrF7O2. The summed E-state index contributed by atoms with van der Waals surface area (Å²) < 4.78 is 90.9. The molecule has 0 aliphatic heterocycles. The van der Waals surface area contributed by atoms with Gasteiger partial charge < -0.3 is 4.74 Å². The average molecular weight is 383 g/mol. The van der Waals surface area contributed by atoms with Crippen LogP contribution in [0.1, 0.15) is 5.56 Å². The van der Waals surface area contributed by atoms with E-state index in [1.54, 1.807) is 0 Å². The summed E-state index contributed by atoms with van der Waals surface area (Å²) in [5.41, 5.74) is 0.137. The molecule has 0 bridgehead atoms. The van der Waals surface area contributed by atoms with Crippen LogP contribution < -0.4 is 0 Å². The molecule has 0 aromatic heterocycles. The van der Waals surface area contributed by atoms with Gasteiger partial charge in [0.25, 0.3) is 0 Å². The fraction of sp³-hybridized carbons (Fsp3) is 0.364. The Bertz CT molecular complexity index is 510. The number of hydrogen-bond donors (Lipinski definition) is 0. The van der Waals surface area contributed by atoms with Crippen LogP contribution in [0.3, 0.4) is 0 Å². The molecule has 2 nitrogen and oxygen atoms in total. The second-order valence-electron chi connectivity index (χ2n) is 3.85. The van der Waals surface area contributed by atoms with Gasteiger partial charge in [0.15, 0.2) is 0 Å². The third-order valence-corrected chi connectivity index (χ3v) is 2.82. The highest BCUT2D eigenvalue weighted by atomic mass is 79.9. The molecule has 0 saturated carbocycles. The number of esters is 1. The van der Waals surface area contributed by atoms with Gasteiger partial charge in [-0.05, 0) is 17.7 Å². The van der Waals surface area contributed by atoms with Crippen molar-refractivity contribution in [2.75, 3.05) is 0 Å². The molecule has 0 fully saturated rings. The molecule has 0 N–H and O–H groups in total. The first-order valence-electron chi connectivity index (χ1n) is 5.13. The van der Waals surface area contributed by atoms with Gasteiger partial charge in [0, 0.05) is 4.47 Å². The number of ether oxygens (including phenoxy) is 1. The van der Waals surface area contributed by atoms with E-state index in [2.05, 4.69) is 20.7 Å². The number of carbonyl (C=O) groups excluding carboxylic acids is 1. The Morgan fingerprint density at radius 1 is 1.00 bits per heavy atom. The number of carbonyl (C=O) groups is 1. The van der Waals surface area contributed by atoms with Gasteiger partial charge in [-0.3, -0.25) is 0 Å². The predicted molar refractivity (Wildman–Crippen MR) is 59.9 cm³/mol.